The van der Waals surface area contributed by atoms with Crippen LogP contribution in [0.5, 0.6) is 5.75 Å². The molecule has 0 amide bonds. The van der Waals surface area contributed by atoms with Crippen LogP contribution < -0.4 is 10.1 Å². The van der Waals surface area contributed by atoms with Gasteiger partial charge in [-0.25, -0.2) is 9.18 Å². The van der Waals surface area contributed by atoms with Crippen molar-refractivity contribution in [2.75, 3.05) is 13.2 Å². The number of benzene rings is 1. The SMILES string of the molecule is CCOC(=O)C(C)(COc1ccc(C)c(F)c1)NC1CC1. The monoisotopic (exact) mass is 295 g/mol. The summed E-state index contributed by atoms with van der Waals surface area (Å²) in [6.45, 7) is 5.64. The fraction of sp³-hybridized carbons (Fsp3) is 0.562. The largest absolute Gasteiger partial charge is 0.491 e. The molecule has 1 aliphatic rings. The summed E-state index contributed by atoms with van der Waals surface area (Å²) >= 11 is 0. The molecule has 1 fully saturated rings. The van der Waals surface area contributed by atoms with Crippen molar-refractivity contribution >= 4 is 5.97 Å². The second kappa shape index (κ2) is 6.43. The Labute approximate surface area is 124 Å². The van der Waals surface area contributed by atoms with Crippen LogP contribution in [0.25, 0.3) is 0 Å². The Kier molecular flexibility index (Phi) is 4.83. The maximum Gasteiger partial charge on any atom is 0.329 e. The van der Waals surface area contributed by atoms with Crippen LogP contribution in [0.4, 0.5) is 4.39 Å². The number of hydrogen-bond donors (Lipinski definition) is 1. The molecular formula is C16H22FNO3. The molecule has 116 valence electrons. The van der Waals surface area contributed by atoms with E-state index in [2.05, 4.69) is 5.32 Å². The number of halogens is 1. The molecule has 21 heavy (non-hydrogen) atoms. The van der Waals surface area contributed by atoms with E-state index in [0.29, 0.717) is 24.0 Å². The number of rotatable bonds is 7. The van der Waals surface area contributed by atoms with Gasteiger partial charge in [0.2, 0.25) is 0 Å². The summed E-state index contributed by atoms with van der Waals surface area (Å²) < 4.78 is 24.2. The molecule has 1 aromatic carbocycles. The van der Waals surface area contributed by atoms with Crippen molar-refractivity contribution in [2.45, 2.75) is 45.2 Å². The molecular weight excluding hydrogens is 273 g/mol. The Morgan fingerprint density at radius 2 is 2.19 bits per heavy atom. The zero-order valence-corrected chi connectivity index (χ0v) is 12.7. The van der Waals surface area contributed by atoms with Crippen LogP contribution in [-0.2, 0) is 9.53 Å². The molecule has 1 aliphatic carbocycles. The highest BCUT2D eigenvalue weighted by Gasteiger charge is 2.40. The first-order chi connectivity index (χ1) is 9.94. The van der Waals surface area contributed by atoms with Gasteiger partial charge < -0.3 is 9.47 Å². The molecule has 0 radical (unpaired) electrons. The Morgan fingerprint density at radius 1 is 1.48 bits per heavy atom. The molecule has 1 atom stereocenters. The fourth-order valence-corrected chi connectivity index (χ4v) is 2.02. The van der Waals surface area contributed by atoms with Crippen LogP contribution in [0.3, 0.4) is 0 Å². The van der Waals surface area contributed by atoms with Gasteiger partial charge in [-0.3, -0.25) is 5.32 Å². The van der Waals surface area contributed by atoms with E-state index >= 15 is 0 Å². The molecule has 1 aromatic rings. The zero-order chi connectivity index (χ0) is 15.5. The number of carbonyl (C=O) groups excluding carboxylic acids is 1. The number of nitrogens with one attached hydrogen (secondary N) is 1. The van der Waals surface area contributed by atoms with Crippen molar-refractivity contribution in [3.8, 4) is 5.75 Å². The minimum atomic E-state index is -0.918. The standard InChI is InChI=1S/C16H22FNO3/c1-4-20-15(19)16(3,18-12-6-7-12)10-21-13-8-5-11(2)14(17)9-13/h5,8-9,12,18H,4,6-7,10H2,1-3H3. The van der Waals surface area contributed by atoms with Gasteiger partial charge in [0.15, 0.2) is 0 Å². The van der Waals surface area contributed by atoms with E-state index in [1.807, 2.05) is 0 Å². The lowest BCUT2D eigenvalue weighted by molar-refractivity contribution is -0.152. The Balaban J connectivity index is 2.03. The summed E-state index contributed by atoms with van der Waals surface area (Å²) in [6, 6.07) is 5.01. The second-order valence-corrected chi connectivity index (χ2v) is 5.67. The lowest BCUT2D eigenvalue weighted by Gasteiger charge is -2.28. The summed E-state index contributed by atoms with van der Waals surface area (Å²) in [6.07, 6.45) is 2.10. The minimum absolute atomic E-state index is 0.102. The Hall–Kier alpha value is -1.62. The minimum Gasteiger partial charge on any atom is -0.491 e. The number of aryl methyl sites for hydroxylation is 1. The first-order valence-corrected chi connectivity index (χ1v) is 7.28. The van der Waals surface area contributed by atoms with Gasteiger partial charge in [0.05, 0.1) is 6.61 Å². The van der Waals surface area contributed by atoms with Crippen molar-refractivity contribution in [1.29, 1.82) is 0 Å². The maximum absolute atomic E-state index is 13.5. The molecule has 1 saturated carbocycles. The van der Waals surface area contributed by atoms with Crippen molar-refractivity contribution in [2.24, 2.45) is 0 Å². The number of carbonyl (C=O) groups is 1. The second-order valence-electron chi connectivity index (χ2n) is 5.67. The molecule has 2 rings (SSSR count). The average molecular weight is 295 g/mol. The maximum atomic E-state index is 13.5. The van der Waals surface area contributed by atoms with Gasteiger partial charge >= 0.3 is 5.97 Å². The molecule has 0 saturated heterocycles. The van der Waals surface area contributed by atoms with E-state index in [0.717, 1.165) is 12.8 Å². The van der Waals surface area contributed by atoms with Crippen molar-refractivity contribution in [3.63, 3.8) is 0 Å². The van der Waals surface area contributed by atoms with Crippen LogP contribution in [-0.4, -0.2) is 30.8 Å². The molecule has 1 unspecified atom stereocenters. The molecule has 0 heterocycles. The third kappa shape index (κ3) is 4.17. The molecule has 1 N–H and O–H groups in total. The predicted octanol–water partition coefficient (Wildman–Crippen LogP) is 2.59. The normalized spacial score (nSPS) is 17.1. The van der Waals surface area contributed by atoms with Gasteiger partial charge in [-0.2, -0.15) is 0 Å². The summed E-state index contributed by atoms with van der Waals surface area (Å²) in [4.78, 5) is 12.1. The summed E-state index contributed by atoms with van der Waals surface area (Å²) in [5, 5.41) is 3.25. The van der Waals surface area contributed by atoms with Gasteiger partial charge in [-0.15, -0.1) is 0 Å². The van der Waals surface area contributed by atoms with E-state index in [9.17, 15) is 9.18 Å². The topological polar surface area (TPSA) is 47.6 Å². The highest BCUT2D eigenvalue weighted by atomic mass is 19.1. The molecule has 0 aromatic heterocycles. The third-order valence-corrected chi connectivity index (χ3v) is 3.50. The van der Waals surface area contributed by atoms with Gasteiger partial charge in [0.25, 0.3) is 0 Å². The Bertz CT molecular complexity index is 516. The smallest absolute Gasteiger partial charge is 0.329 e. The van der Waals surface area contributed by atoms with Crippen LogP contribution in [0.15, 0.2) is 18.2 Å². The van der Waals surface area contributed by atoms with Crippen LogP contribution in [0.1, 0.15) is 32.3 Å². The average Bonchev–Trinajstić information content (AvgIpc) is 3.24. The zero-order valence-electron chi connectivity index (χ0n) is 12.7. The molecule has 0 bridgehead atoms. The van der Waals surface area contributed by atoms with E-state index in [-0.39, 0.29) is 18.4 Å². The van der Waals surface area contributed by atoms with Gasteiger partial charge in [0, 0.05) is 12.1 Å². The fourth-order valence-electron chi connectivity index (χ4n) is 2.02. The third-order valence-electron chi connectivity index (χ3n) is 3.50. The van der Waals surface area contributed by atoms with Crippen LogP contribution in [0.2, 0.25) is 0 Å². The van der Waals surface area contributed by atoms with Crippen molar-refractivity contribution < 1.29 is 18.7 Å². The van der Waals surface area contributed by atoms with Gasteiger partial charge in [-0.1, -0.05) is 6.07 Å². The summed E-state index contributed by atoms with van der Waals surface area (Å²) in [7, 11) is 0. The van der Waals surface area contributed by atoms with E-state index in [1.165, 1.54) is 6.07 Å². The first-order valence-electron chi connectivity index (χ1n) is 7.28. The number of esters is 1. The first kappa shape index (κ1) is 15.8. The molecule has 4 nitrogen and oxygen atoms in total. The summed E-state index contributed by atoms with van der Waals surface area (Å²) in [5.74, 6) is -0.254. The predicted molar refractivity (Wildman–Crippen MR) is 77.8 cm³/mol. The van der Waals surface area contributed by atoms with Crippen molar-refractivity contribution in [3.05, 3.63) is 29.6 Å². The number of hydrogen-bond acceptors (Lipinski definition) is 4. The van der Waals surface area contributed by atoms with E-state index in [4.69, 9.17) is 9.47 Å². The van der Waals surface area contributed by atoms with E-state index < -0.39 is 5.54 Å². The molecule has 5 heteroatoms. The van der Waals surface area contributed by atoms with Crippen molar-refractivity contribution in [1.82, 2.24) is 5.32 Å². The number of ether oxygens (including phenoxy) is 2. The van der Waals surface area contributed by atoms with Crippen LogP contribution in [0, 0.1) is 12.7 Å². The molecule has 0 aliphatic heterocycles. The van der Waals surface area contributed by atoms with E-state index in [1.54, 1.807) is 32.9 Å². The summed E-state index contributed by atoms with van der Waals surface area (Å²) in [5.41, 5.74) is -0.356. The van der Waals surface area contributed by atoms with Crippen LogP contribution >= 0.6 is 0 Å². The molecule has 0 spiro atoms. The highest BCUT2D eigenvalue weighted by Crippen LogP contribution is 2.24. The lowest BCUT2D eigenvalue weighted by Crippen LogP contribution is -2.55. The quantitative estimate of drug-likeness (QED) is 0.786. The van der Waals surface area contributed by atoms with Gasteiger partial charge in [-0.05, 0) is 45.2 Å². The van der Waals surface area contributed by atoms with Gasteiger partial charge in [0.1, 0.15) is 23.7 Å². The highest BCUT2D eigenvalue weighted by molar-refractivity contribution is 5.80. The Morgan fingerprint density at radius 3 is 2.76 bits per heavy atom. The lowest BCUT2D eigenvalue weighted by atomic mass is 10.0.